The van der Waals surface area contributed by atoms with Crippen molar-refractivity contribution in [3.63, 3.8) is 0 Å². The van der Waals surface area contributed by atoms with Crippen molar-refractivity contribution in [1.29, 1.82) is 0 Å². The Morgan fingerprint density at radius 1 is 1.35 bits per heavy atom. The van der Waals surface area contributed by atoms with E-state index < -0.39 is 0 Å². The number of rotatable bonds is 4. The number of hydrogen-bond acceptors (Lipinski definition) is 5. The molecule has 0 N–H and O–H groups in total. The van der Waals surface area contributed by atoms with Gasteiger partial charge in [0.05, 0.1) is 11.9 Å². The van der Waals surface area contributed by atoms with Crippen LogP contribution >= 0.6 is 0 Å². The van der Waals surface area contributed by atoms with Gasteiger partial charge in [0.15, 0.2) is 0 Å². The highest BCUT2D eigenvalue weighted by Crippen LogP contribution is 2.47. The minimum absolute atomic E-state index is 0.550. The number of aryl methyl sites for hydroxylation is 2. The molecule has 0 aliphatic heterocycles. The topological polar surface area (TPSA) is 74.0 Å². The second-order valence-corrected chi connectivity index (χ2v) is 6.12. The Kier molecular flexibility index (Phi) is 3.14. The predicted octanol–water partition coefficient (Wildman–Crippen LogP) is 2.68. The van der Waals surface area contributed by atoms with Crippen LogP contribution in [0.5, 0.6) is 0 Å². The van der Waals surface area contributed by atoms with Crippen LogP contribution < -0.4 is 0 Å². The first-order chi connectivity index (χ1) is 11.1. The second kappa shape index (κ2) is 5.19. The lowest BCUT2D eigenvalue weighted by Crippen LogP contribution is -2.06. The van der Waals surface area contributed by atoms with Crippen LogP contribution in [-0.4, -0.2) is 30.9 Å². The van der Waals surface area contributed by atoms with E-state index in [1.807, 2.05) is 32.0 Å². The summed E-state index contributed by atoms with van der Waals surface area (Å²) >= 11 is 0. The number of nitrogens with zero attached hydrogens (tertiary/aromatic N) is 6. The summed E-state index contributed by atoms with van der Waals surface area (Å²) < 4.78 is 9.13. The Labute approximate surface area is 133 Å². The van der Waals surface area contributed by atoms with Crippen LogP contribution in [-0.2, 0) is 0 Å². The quantitative estimate of drug-likeness (QED) is 0.694. The molecular formula is C16H18N6O. The van der Waals surface area contributed by atoms with E-state index >= 15 is 0 Å². The molecule has 7 heteroatoms. The molecule has 7 nitrogen and oxygen atoms in total. The summed E-state index contributed by atoms with van der Waals surface area (Å²) in [6.07, 6.45) is 4.43. The third kappa shape index (κ3) is 2.58. The zero-order chi connectivity index (χ0) is 16.0. The van der Waals surface area contributed by atoms with Gasteiger partial charge in [0, 0.05) is 11.6 Å². The molecule has 3 heterocycles. The Balaban J connectivity index is 1.59. The molecule has 23 heavy (non-hydrogen) atoms. The molecule has 1 fully saturated rings. The van der Waals surface area contributed by atoms with Gasteiger partial charge in [0.25, 0.3) is 5.95 Å². The third-order valence-corrected chi connectivity index (χ3v) is 4.14. The van der Waals surface area contributed by atoms with Crippen molar-refractivity contribution in [3.05, 3.63) is 47.4 Å². The highest BCUT2D eigenvalue weighted by molar-refractivity contribution is 5.75. The fourth-order valence-corrected chi connectivity index (χ4v) is 2.75. The molecule has 1 aliphatic rings. The van der Waals surface area contributed by atoms with E-state index in [0.717, 1.165) is 28.8 Å². The van der Waals surface area contributed by atoms with E-state index in [0.29, 0.717) is 11.9 Å². The van der Waals surface area contributed by atoms with Gasteiger partial charge >= 0.3 is 0 Å². The Morgan fingerprint density at radius 2 is 2.17 bits per heavy atom. The van der Waals surface area contributed by atoms with Crippen LogP contribution in [0.4, 0.5) is 0 Å². The molecule has 1 saturated carbocycles. The molecule has 3 aromatic heterocycles. The molecule has 118 valence electrons. The summed E-state index contributed by atoms with van der Waals surface area (Å²) in [4.78, 5) is 0. The summed E-state index contributed by atoms with van der Waals surface area (Å²) in [5.74, 6) is 3.61. The summed E-state index contributed by atoms with van der Waals surface area (Å²) in [5, 5.41) is 16.8. The lowest BCUT2D eigenvalue weighted by Gasteiger charge is -2.01. The van der Waals surface area contributed by atoms with Crippen LogP contribution in [0.15, 0.2) is 34.0 Å². The van der Waals surface area contributed by atoms with Crippen molar-refractivity contribution in [1.82, 2.24) is 24.7 Å². The van der Waals surface area contributed by atoms with Gasteiger partial charge in [-0.1, -0.05) is 6.92 Å². The van der Waals surface area contributed by atoms with Gasteiger partial charge in [0.1, 0.15) is 17.8 Å². The molecule has 0 unspecified atom stereocenters. The summed E-state index contributed by atoms with van der Waals surface area (Å²) in [7, 11) is 0. The minimum Gasteiger partial charge on any atom is -0.460 e. The maximum Gasteiger partial charge on any atom is 0.273 e. The van der Waals surface area contributed by atoms with Gasteiger partial charge in [-0.05, 0) is 44.4 Å². The smallest absolute Gasteiger partial charge is 0.273 e. The molecule has 0 bridgehead atoms. The first-order valence-corrected chi connectivity index (χ1v) is 7.69. The minimum atomic E-state index is 0.550. The van der Waals surface area contributed by atoms with Crippen LogP contribution in [0.3, 0.4) is 0 Å². The molecular weight excluding hydrogens is 292 g/mol. The lowest BCUT2D eigenvalue weighted by atomic mass is 10.3. The first-order valence-electron chi connectivity index (χ1n) is 7.69. The second-order valence-electron chi connectivity index (χ2n) is 6.12. The van der Waals surface area contributed by atoms with Crippen molar-refractivity contribution in [2.45, 2.75) is 33.1 Å². The SMILES string of the molecule is Cc1cc(C)n(-c2nncn2/N=C\c2ccc([C@@H]3C[C@H]3C)o2)n1. The lowest BCUT2D eigenvalue weighted by molar-refractivity contribution is 0.500. The highest BCUT2D eigenvalue weighted by atomic mass is 16.3. The molecule has 0 spiro atoms. The predicted molar refractivity (Wildman–Crippen MR) is 84.8 cm³/mol. The summed E-state index contributed by atoms with van der Waals surface area (Å²) in [5.41, 5.74) is 1.91. The van der Waals surface area contributed by atoms with E-state index in [1.54, 1.807) is 21.9 Å². The molecule has 3 aromatic rings. The van der Waals surface area contributed by atoms with Gasteiger partial charge in [-0.3, -0.25) is 0 Å². The number of hydrogen-bond donors (Lipinski definition) is 0. The summed E-state index contributed by atoms with van der Waals surface area (Å²) in [6, 6.07) is 5.96. The fraction of sp³-hybridized carbons (Fsp3) is 0.375. The molecule has 0 saturated heterocycles. The van der Waals surface area contributed by atoms with Gasteiger partial charge in [-0.25, -0.2) is 4.68 Å². The first kappa shape index (κ1) is 13.9. The summed E-state index contributed by atoms with van der Waals surface area (Å²) in [6.45, 7) is 6.15. The van der Waals surface area contributed by atoms with Crippen molar-refractivity contribution in [3.8, 4) is 5.95 Å². The maximum absolute atomic E-state index is 5.82. The normalized spacial score (nSPS) is 20.5. The zero-order valence-electron chi connectivity index (χ0n) is 13.3. The fourth-order valence-electron chi connectivity index (χ4n) is 2.75. The monoisotopic (exact) mass is 310 g/mol. The van der Waals surface area contributed by atoms with Crippen LogP contribution in [0.1, 0.15) is 42.2 Å². The molecule has 4 rings (SSSR count). The average Bonchev–Trinajstić information content (AvgIpc) is 2.91. The molecule has 0 aromatic carbocycles. The maximum atomic E-state index is 5.82. The van der Waals surface area contributed by atoms with Crippen LogP contribution in [0, 0.1) is 19.8 Å². The standard InChI is InChI=1S/C16H18N6O/c1-10-6-14(10)15-5-4-13(23-15)8-18-21-9-17-19-16(21)22-12(3)7-11(2)20-22/h4-5,7-10,14H,6H2,1-3H3/b18-8-/t10-,14-/m1/s1. The van der Waals surface area contributed by atoms with E-state index in [9.17, 15) is 0 Å². The van der Waals surface area contributed by atoms with E-state index in [4.69, 9.17) is 4.42 Å². The van der Waals surface area contributed by atoms with Gasteiger partial charge < -0.3 is 4.42 Å². The Bertz CT molecular complexity index is 871. The largest absolute Gasteiger partial charge is 0.460 e. The van der Waals surface area contributed by atoms with Crippen molar-refractivity contribution in [2.24, 2.45) is 11.0 Å². The molecule has 0 amide bonds. The van der Waals surface area contributed by atoms with Gasteiger partial charge in [-0.15, -0.1) is 10.2 Å². The molecule has 2 atom stereocenters. The van der Waals surface area contributed by atoms with E-state index in [-0.39, 0.29) is 0 Å². The van der Waals surface area contributed by atoms with Gasteiger partial charge in [0.2, 0.25) is 0 Å². The molecule has 0 radical (unpaired) electrons. The van der Waals surface area contributed by atoms with Crippen molar-refractivity contribution >= 4 is 6.21 Å². The number of furan rings is 1. The van der Waals surface area contributed by atoms with Crippen molar-refractivity contribution in [2.75, 3.05) is 0 Å². The Hall–Kier alpha value is -2.70. The highest BCUT2D eigenvalue weighted by Gasteiger charge is 2.36. The van der Waals surface area contributed by atoms with E-state index in [1.165, 1.54) is 6.42 Å². The van der Waals surface area contributed by atoms with Crippen LogP contribution in [0.2, 0.25) is 0 Å². The van der Waals surface area contributed by atoms with E-state index in [2.05, 4.69) is 27.3 Å². The number of aromatic nitrogens is 5. The average molecular weight is 310 g/mol. The third-order valence-electron chi connectivity index (χ3n) is 4.14. The Morgan fingerprint density at radius 3 is 2.87 bits per heavy atom. The molecule has 1 aliphatic carbocycles. The van der Waals surface area contributed by atoms with Crippen LogP contribution in [0.25, 0.3) is 5.95 Å². The van der Waals surface area contributed by atoms with Crippen molar-refractivity contribution < 1.29 is 4.42 Å². The van der Waals surface area contributed by atoms with Gasteiger partial charge in [-0.2, -0.15) is 14.9 Å². The zero-order valence-corrected chi connectivity index (χ0v) is 13.3.